The Morgan fingerprint density at radius 2 is 1.85 bits per heavy atom. The lowest BCUT2D eigenvalue weighted by molar-refractivity contribution is -0.139. The van der Waals surface area contributed by atoms with E-state index in [1.807, 2.05) is 24.3 Å². The Kier molecular flexibility index (Phi) is 6.88. The molecule has 2 aromatic rings. The highest BCUT2D eigenvalue weighted by molar-refractivity contribution is 6.47. The molecule has 0 fully saturated rings. The summed E-state index contributed by atoms with van der Waals surface area (Å²) in [6.07, 6.45) is 3.91. The van der Waals surface area contributed by atoms with Gasteiger partial charge in [0.15, 0.2) is 0 Å². The van der Waals surface area contributed by atoms with E-state index in [0.29, 0.717) is 11.4 Å². The molecule has 0 aromatic heterocycles. The van der Waals surface area contributed by atoms with Gasteiger partial charge >= 0.3 is 5.97 Å². The van der Waals surface area contributed by atoms with Gasteiger partial charge in [-0.05, 0) is 48.2 Å². The molecular weight excluding hydrogens is 350 g/mol. The molecule has 1 aliphatic heterocycles. The van der Waals surface area contributed by atoms with Gasteiger partial charge in [0, 0.05) is 11.4 Å². The average Bonchev–Trinajstić information content (AvgIpc) is 3.20. The summed E-state index contributed by atoms with van der Waals surface area (Å²) in [7, 11) is -0.341. The van der Waals surface area contributed by atoms with Crippen molar-refractivity contribution < 1.29 is 9.53 Å². The number of hydrogen-bond acceptors (Lipinski definition) is 3. The van der Waals surface area contributed by atoms with Crippen LogP contribution in [0.25, 0.3) is 5.70 Å². The van der Waals surface area contributed by atoms with Crippen molar-refractivity contribution >= 4 is 21.2 Å². The molecule has 142 valence electrons. The van der Waals surface area contributed by atoms with E-state index in [-0.39, 0.29) is 21.4 Å². The zero-order valence-corrected chi connectivity index (χ0v) is 17.7. The van der Waals surface area contributed by atoms with Crippen molar-refractivity contribution in [2.75, 3.05) is 0 Å². The van der Waals surface area contributed by atoms with E-state index in [9.17, 15) is 4.79 Å². The van der Waals surface area contributed by atoms with Crippen molar-refractivity contribution in [1.82, 2.24) is 5.32 Å². The van der Waals surface area contributed by atoms with Crippen molar-refractivity contribution in [3.63, 3.8) is 0 Å². The van der Waals surface area contributed by atoms with Crippen LogP contribution >= 0.6 is 0 Å². The van der Waals surface area contributed by atoms with Gasteiger partial charge in [-0.2, -0.15) is 0 Å². The van der Waals surface area contributed by atoms with Crippen LogP contribution in [-0.4, -0.2) is 15.5 Å². The van der Waals surface area contributed by atoms with Gasteiger partial charge in [0.05, 0.1) is 15.4 Å². The number of hydrogen-bond donors (Lipinski definition) is 1. The Morgan fingerprint density at radius 3 is 2.52 bits per heavy atom. The molecule has 0 saturated heterocycles. The minimum atomic E-state index is -0.341. The summed E-state index contributed by atoms with van der Waals surface area (Å²) in [6.45, 7) is 4.20. The van der Waals surface area contributed by atoms with Gasteiger partial charge < -0.3 is 10.1 Å². The number of carbonyl (C=O) groups is 1. The first-order valence-corrected chi connectivity index (χ1v) is 11.7. The zero-order valence-electron chi connectivity index (χ0n) is 16.3. The summed E-state index contributed by atoms with van der Waals surface area (Å²) in [5, 5.41) is 3.65. The lowest BCUT2D eigenvalue weighted by Crippen LogP contribution is -2.20. The molecule has 0 aliphatic carbocycles. The van der Waals surface area contributed by atoms with Crippen molar-refractivity contribution in [1.29, 1.82) is 0 Å². The van der Waals surface area contributed by atoms with Crippen LogP contribution in [-0.2, 0) is 4.79 Å². The van der Waals surface area contributed by atoms with Crippen LogP contribution in [0.4, 0.5) is 0 Å². The van der Waals surface area contributed by atoms with Gasteiger partial charge in [0.2, 0.25) is 0 Å². The first-order valence-electron chi connectivity index (χ1n) is 10.0. The number of benzene rings is 2. The second-order valence-electron chi connectivity index (χ2n) is 7.15. The molecule has 0 spiro atoms. The highest BCUT2D eigenvalue weighted by Gasteiger charge is 2.20. The van der Waals surface area contributed by atoms with E-state index in [1.54, 1.807) is 0 Å². The van der Waals surface area contributed by atoms with E-state index in [4.69, 9.17) is 4.74 Å². The zero-order chi connectivity index (χ0) is 19.1. The third-order valence-electron chi connectivity index (χ3n) is 5.21. The largest absolute Gasteiger partial charge is 0.426 e. The predicted octanol–water partition coefficient (Wildman–Crippen LogP) is 4.58. The standard InChI is InChI=1S/C23H29NO2Si/c1-3-5-9-17(4-2)23(25)26-20-14-12-18(13-15-20)21-16-27-22(24-21)19-10-7-6-8-11-19/h6-8,10-17,22,24H,3-5,9,27H2,1-2H3. The highest BCUT2D eigenvalue weighted by atomic mass is 28.2. The predicted molar refractivity (Wildman–Crippen MR) is 114 cm³/mol. The number of esters is 1. The molecule has 2 aromatic carbocycles. The monoisotopic (exact) mass is 379 g/mol. The minimum Gasteiger partial charge on any atom is -0.426 e. The first-order chi connectivity index (χ1) is 13.2. The number of unbranched alkanes of at least 4 members (excludes halogenated alkanes) is 1. The quantitative estimate of drug-likeness (QED) is 0.414. The second kappa shape index (κ2) is 9.56. The lowest BCUT2D eigenvalue weighted by atomic mass is 10.00. The minimum absolute atomic E-state index is 0.00136. The molecule has 0 radical (unpaired) electrons. The Bertz CT molecular complexity index is 771. The Hall–Kier alpha value is -2.33. The summed E-state index contributed by atoms with van der Waals surface area (Å²) in [6, 6.07) is 18.5. The molecule has 4 heteroatoms. The van der Waals surface area contributed by atoms with E-state index >= 15 is 0 Å². The Labute approximate surface area is 164 Å². The topological polar surface area (TPSA) is 38.3 Å². The number of carbonyl (C=O) groups excluding carboxylic acids is 1. The van der Waals surface area contributed by atoms with Crippen LogP contribution in [0.2, 0.25) is 0 Å². The molecular formula is C23H29NO2Si. The molecule has 2 atom stereocenters. The number of ether oxygens (including phenoxy) is 1. The summed E-state index contributed by atoms with van der Waals surface area (Å²) < 4.78 is 5.60. The van der Waals surface area contributed by atoms with E-state index in [2.05, 4.69) is 55.2 Å². The maximum atomic E-state index is 12.4. The Balaban J connectivity index is 1.58. The van der Waals surface area contributed by atoms with Crippen LogP contribution in [0.15, 0.2) is 60.3 Å². The molecule has 0 amide bonds. The highest BCUT2D eigenvalue weighted by Crippen LogP contribution is 2.26. The fraction of sp³-hybridized carbons (Fsp3) is 0.348. The smallest absolute Gasteiger partial charge is 0.314 e. The van der Waals surface area contributed by atoms with Crippen molar-refractivity contribution in [2.24, 2.45) is 5.92 Å². The average molecular weight is 380 g/mol. The fourth-order valence-corrected chi connectivity index (χ4v) is 5.20. The van der Waals surface area contributed by atoms with Crippen LogP contribution in [0.3, 0.4) is 0 Å². The summed E-state index contributed by atoms with van der Waals surface area (Å²) in [5.74, 6) is 0.532. The van der Waals surface area contributed by atoms with Gasteiger partial charge in [-0.3, -0.25) is 4.79 Å². The third-order valence-corrected chi connectivity index (χ3v) is 7.00. The molecule has 3 rings (SSSR count). The van der Waals surface area contributed by atoms with Crippen molar-refractivity contribution in [2.45, 2.75) is 45.2 Å². The van der Waals surface area contributed by atoms with Crippen LogP contribution in [0.1, 0.15) is 56.3 Å². The molecule has 0 saturated carbocycles. The maximum Gasteiger partial charge on any atom is 0.314 e. The molecule has 1 aliphatic rings. The van der Waals surface area contributed by atoms with Crippen LogP contribution in [0.5, 0.6) is 5.75 Å². The molecule has 0 bridgehead atoms. The fourth-order valence-electron chi connectivity index (χ4n) is 3.49. The molecule has 2 unspecified atom stereocenters. The van der Waals surface area contributed by atoms with Gasteiger partial charge in [-0.15, -0.1) is 0 Å². The second-order valence-corrected chi connectivity index (χ2v) is 8.85. The lowest BCUT2D eigenvalue weighted by Gasteiger charge is -2.15. The summed E-state index contributed by atoms with van der Waals surface area (Å²) >= 11 is 0. The van der Waals surface area contributed by atoms with Crippen molar-refractivity contribution in [3.8, 4) is 5.75 Å². The van der Waals surface area contributed by atoms with Gasteiger partial charge in [0.25, 0.3) is 0 Å². The van der Waals surface area contributed by atoms with E-state index in [0.717, 1.165) is 31.2 Å². The third kappa shape index (κ3) is 5.10. The normalized spacial score (nSPS) is 18.0. The first kappa shape index (κ1) is 19.4. The van der Waals surface area contributed by atoms with Crippen LogP contribution < -0.4 is 10.1 Å². The maximum absolute atomic E-state index is 12.4. The molecule has 3 nitrogen and oxygen atoms in total. The molecule has 27 heavy (non-hydrogen) atoms. The SMILES string of the molecule is CCCCC(CC)C(=O)Oc1ccc(C2=C[SiH2]C(c3ccccc3)N2)cc1. The number of nitrogens with one attached hydrogen (secondary N) is 1. The van der Waals surface area contributed by atoms with Crippen molar-refractivity contribution in [3.05, 3.63) is 71.4 Å². The summed E-state index contributed by atoms with van der Waals surface area (Å²) in [5.41, 5.74) is 6.54. The van der Waals surface area contributed by atoms with Gasteiger partial charge in [-0.1, -0.05) is 62.7 Å². The van der Waals surface area contributed by atoms with Crippen LogP contribution in [0, 0.1) is 5.92 Å². The van der Waals surface area contributed by atoms with E-state index in [1.165, 1.54) is 11.3 Å². The van der Waals surface area contributed by atoms with Gasteiger partial charge in [0.1, 0.15) is 5.75 Å². The molecule has 1 heterocycles. The molecule has 1 N–H and O–H groups in total. The van der Waals surface area contributed by atoms with E-state index < -0.39 is 0 Å². The Morgan fingerprint density at radius 1 is 1.11 bits per heavy atom. The van der Waals surface area contributed by atoms with Gasteiger partial charge in [-0.25, -0.2) is 0 Å². The summed E-state index contributed by atoms with van der Waals surface area (Å²) in [4.78, 5) is 12.4. The number of rotatable bonds is 8.